The molecule has 4 heteroatoms. The van der Waals surface area contributed by atoms with Gasteiger partial charge in [0.25, 0.3) is 0 Å². The smallest absolute Gasteiger partial charge is 0.345 e. The number of benzene rings is 1. The molecule has 0 amide bonds. The zero-order valence-electron chi connectivity index (χ0n) is 8.33. The van der Waals surface area contributed by atoms with E-state index in [1.807, 2.05) is 0 Å². The fourth-order valence-electron chi connectivity index (χ4n) is 1.56. The van der Waals surface area contributed by atoms with Gasteiger partial charge in [-0.05, 0) is 22.4 Å². The quantitative estimate of drug-likeness (QED) is 0.854. The summed E-state index contributed by atoms with van der Waals surface area (Å²) in [5.41, 5.74) is -1.21. The topological polar surface area (TPSA) is 57.5 Å². The van der Waals surface area contributed by atoms with Crippen LogP contribution in [0.5, 0.6) is 0 Å². The molecule has 0 radical (unpaired) electrons. The first-order chi connectivity index (χ1) is 7.65. The molecule has 0 spiro atoms. The summed E-state index contributed by atoms with van der Waals surface area (Å²) >= 11 is 1.36. The van der Waals surface area contributed by atoms with Crippen LogP contribution in [0.1, 0.15) is 11.1 Å². The van der Waals surface area contributed by atoms with E-state index in [4.69, 9.17) is 0 Å². The van der Waals surface area contributed by atoms with E-state index >= 15 is 0 Å². The summed E-state index contributed by atoms with van der Waals surface area (Å²) in [7, 11) is 0. The van der Waals surface area contributed by atoms with Crippen molar-refractivity contribution in [1.82, 2.24) is 0 Å². The van der Waals surface area contributed by atoms with Gasteiger partial charge in [-0.15, -0.1) is 0 Å². The van der Waals surface area contributed by atoms with Crippen LogP contribution in [0.25, 0.3) is 0 Å². The predicted molar refractivity (Wildman–Crippen MR) is 61.4 cm³/mol. The maximum absolute atomic E-state index is 11.3. The highest BCUT2D eigenvalue weighted by Crippen LogP contribution is 2.31. The number of carbonyl (C=O) groups is 1. The Balaban J connectivity index is 2.58. The second kappa shape index (κ2) is 4.08. The first-order valence-electron chi connectivity index (χ1n) is 4.69. The van der Waals surface area contributed by atoms with Crippen LogP contribution in [0.3, 0.4) is 0 Å². The van der Waals surface area contributed by atoms with Crippen molar-refractivity contribution in [2.24, 2.45) is 0 Å². The second-order valence-electron chi connectivity index (χ2n) is 3.39. The van der Waals surface area contributed by atoms with E-state index in [2.05, 4.69) is 0 Å². The zero-order chi connectivity index (χ0) is 11.6. The third kappa shape index (κ3) is 1.62. The number of carboxylic acid groups (broad SMARTS) is 1. The molecule has 3 nitrogen and oxygen atoms in total. The lowest BCUT2D eigenvalue weighted by molar-refractivity contribution is -0.155. The standard InChI is InChI=1S/C12H10O3S/c13-11(14)12(15,10-6-7-16-8-10)9-4-2-1-3-5-9/h1-8,15H,(H,13,14)/t12-/m0/s1. The highest BCUT2D eigenvalue weighted by Gasteiger charge is 2.40. The maximum Gasteiger partial charge on any atom is 0.345 e. The molecule has 0 bridgehead atoms. The molecule has 1 atom stereocenters. The van der Waals surface area contributed by atoms with Gasteiger partial charge in [0.15, 0.2) is 0 Å². The van der Waals surface area contributed by atoms with E-state index in [0.29, 0.717) is 11.1 Å². The minimum atomic E-state index is -1.96. The van der Waals surface area contributed by atoms with Crippen molar-refractivity contribution < 1.29 is 15.0 Å². The van der Waals surface area contributed by atoms with Crippen molar-refractivity contribution in [3.63, 3.8) is 0 Å². The van der Waals surface area contributed by atoms with Gasteiger partial charge in [0.1, 0.15) is 0 Å². The average Bonchev–Trinajstić information content (AvgIpc) is 2.82. The van der Waals surface area contributed by atoms with Gasteiger partial charge < -0.3 is 10.2 Å². The lowest BCUT2D eigenvalue weighted by atomic mass is 9.88. The molecule has 16 heavy (non-hydrogen) atoms. The molecule has 2 aromatic rings. The second-order valence-corrected chi connectivity index (χ2v) is 4.17. The van der Waals surface area contributed by atoms with Gasteiger partial charge in [-0.25, -0.2) is 4.79 Å². The molecule has 1 aromatic heterocycles. The van der Waals surface area contributed by atoms with Crippen LogP contribution in [0.4, 0.5) is 0 Å². The number of carboxylic acids is 1. The zero-order valence-corrected chi connectivity index (χ0v) is 9.15. The monoisotopic (exact) mass is 234 g/mol. The number of aliphatic hydroxyl groups is 1. The van der Waals surface area contributed by atoms with E-state index < -0.39 is 11.6 Å². The van der Waals surface area contributed by atoms with Gasteiger partial charge in [0.05, 0.1) is 0 Å². The molecule has 0 unspecified atom stereocenters. The molecule has 2 N–H and O–H groups in total. The lowest BCUT2D eigenvalue weighted by Crippen LogP contribution is -2.36. The summed E-state index contributed by atoms with van der Waals surface area (Å²) in [5.74, 6) is -1.27. The maximum atomic E-state index is 11.3. The lowest BCUT2D eigenvalue weighted by Gasteiger charge is -2.22. The van der Waals surface area contributed by atoms with E-state index in [9.17, 15) is 15.0 Å². The number of aliphatic carboxylic acids is 1. The normalized spacial score (nSPS) is 14.3. The van der Waals surface area contributed by atoms with Gasteiger partial charge in [-0.2, -0.15) is 11.3 Å². The molecule has 2 rings (SSSR count). The van der Waals surface area contributed by atoms with Crippen LogP contribution in [-0.2, 0) is 10.4 Å². The summed E-state index contributed by atoms with van der Waals surface area (Å²) in [4.78, 5) is 11.3. The summed E-state index contributed by atoms with van der Waals surface area (Å²) in [5, 5.41) is 22.9. The molecular formula is C12H10O3S. The van der Waals surface area contributed by atoms with Gasteiger partial charge in [-0.1, -0.05) is 30.3 Å². The molecule has 0 aliphatic heterocycles. The molecule has 1 heterocycles. The molecular weight excluding hydrogens is 224 g/mol. The van der Waals surface area contributed by atoms with Crippen molar-refractivity contribution in [1.29, 1.82) is 0 Å². The Labute approximate surface area is 96.6 Å². The number of hydrogen-bond acceptors (Lipinski definition) is 3. The Morgan fingerprint density at radius 3 is 2.31 bits per heavy atom. The van der Waals surface area contributed by atoms with Gasteiger partial charge in [-0.3, -0.25) is 0 Å². The van der Waals surface area contributed by atoms with Crippen LogP contribution in [0.15, 0.2) is 47.2 Å². The summed E-state index contributed by atoms with van der Waals surface area (Å²) < 4.78 is 0. The van der Waals surface area contributed by atoms with Gasteiger partial charge >= 0.3 is 5.97 Å². The molecule has 1 aromatic carbocycles. The largest absolute Gasteiger partial charge is 0.479 e. The average molecular weight is 234 g/mol. The number of hydrogen-bond donors (Lipinski definition) is 2. The van der Waals surface area contributed by atoms with E-state index in [1.165, 1.54) is 11.3 Å². The summed E-state index contributed by atoms with van der Waals surface area (Å²) in [6.45, 7) is 0. The van der Waals surface area contributed by atoms with Gasteiger partial charge in [0, 0.05) is 5.56 Å². The Kier molecular flexibility index (Phi) is 2.77. The van der Waals surface area contributed by atoms with Crippen LogP contribution in [0, 0.1) is 0 Å². The van der Waals surface area contributed by atoms with E-state index in [-0.39, 0.29) is 0 Å². The fourth-order valence-corrected chi connectivity index (χ4v) is 2.26. The summed E-state index contributed by atoms with van der Waals surface area (Å²) in [6, 6.07) is 10.0. The highest BCUT2D eigenvalue weighted by atomic mass is 32.1. The van der Waals surface area contributed by atoms with Crippen LogP contribution >= 0.6 is 11.3 Å². The van der Waals surface area contributed by atoms with E-state index in [0.717, 1.165) is 0 Å². The van der Waals surface area contributed by atoms with Crippen molar-refractivity contribution in [3.05, 3.63) is 58.3 Å². The third-order valence-corrected chi connectivity index (χ3v) is 3.12. The molecule has 82 valence electrons. The summed E-state index contributed by atoms with van der Waals surface area (Å²) in [6.07, 6.45) is 0. The van der Waals surface area contributed by atoms with Crippen LogP contribution in [-0.4, -0.2) is 16.2 Å². The van der Waals surface area contributed by atoms with Crippen molar-refractivity contribution in [2.75, 3.05) is 0 Å². The minimum Gasteiger partial charge on any atom is -0.479 e. The predicted octanol–water partition coefficient (Wildman–Crippen LogP) is 2.07. The number of thiophene rings is 1. The molecule has 0 saturated heterocycles. The fraction of sp³-hybridized carbons (Fsp3) is 0.0833. The van der Waals surface area contributed by atoms with Crippen LogP contribution < -0.4 is 0 Å². The Hall–Kier alpha value is -1.65. The third-order valence-electron chi connectivity index (χ3n) is 2.44. The van der Waals surface area contributed by atoms with Crippen molar-refractivity contribution in [2.45, 2.75) is 5.60 Å². The highest BCUT2D eigenvalue weighted by molar-refractivity contribution is 7.08. The Morgan fingerprint density at radius 1 is 1.12 bits per heavy atom. The molecule has 0 aliphatic rings. The van der Waals surface area contributed by atoms with Crippen molar-refractivity contribution in [3.8, 4) is 0 Å². The Bertz CT molecular complexity index is 478. The minimum absolute atomic E-state index is 0.362. The van der Waals surface area contributed by atoms with E-state index in [1.54, 1.807) is 47.2 Å². The molecule has 0 fully saturated rings. The first-order valence-corrected chi connectivity index (χ1v) is 5.64. The number of rotatable bonds is 3. The van der Waals surface area contributed by atoms with Gasteiger partial charge in [0.2, 0.25) is 5.60 Å². The first kappa shape index (κ1) is 10.9. The molecule has 0 saturated carbocycles. The Morgan fingerprint density at radius 2 is 1.81 bits per heavy atom. The molecule has 0 aliphatic carbocycles. The van der Waals surface area contributed by atoms with Crippen molar-refractivity contribution >= 4 is 17.3 Å². The van der Waals surface area contributed by atoms with Crippen LogP contribution in [0.2, 0.25) is 0 Å². The SMILES string of the molecule is O=C(O)[C@](O)(c1ccccc1)c1ccsc1.